The standard InChI is InChI=1S/C10H12N2O4.ClH/c1-16-10(13)6-9(11)7-3-2-4-8(5-7)12(14)15;/h2-5,9H,6,11H2,1H3;1H/t9-;/m0./s1. The number of nitro groups is 1. The van der Waals surface area contributed by atoms with E-state index in [1.165, 1.54) is 25.3 Å². The molecular weight excluding hydrogens is 248 g/mol. The van der Waals surface area contributed by atoms with Crippen molar-refractivity contribution < 1.29 is 14.5 Å². The molecule has 1 aromatic carbocycles. The van der Waals surface area contributed by atoms with Gasteiger partial charge in [-0.15, -0.1) is 12.4 Å². The Labute approximate surface area is 104 Å². The Morgan fingerprint density at radius 1 is 1.59 bits per heavy atom. The lowest BCUT2D eigenvalue weighted by Crippen LogP contribution is -2.16. The highest BCUT2D eigenvalue weighted by Crippen LogP contribution is 2.19. The smallest absolute Gasteiger partial charge is 0.307 e. The SMILES string of the molecule is COC(=O)C[C@H](N)c1cccc([N+](=O)[O-])c1.Cl. The molecule has 1 rings (SSSR count). The number of ether oxygens (including phenoxy) is 1. The molecule has 0 radical (unpaired) electrons. The van der Waals surface area contributed by atoms with Crippen molar-refractivity contribution in [3.8, 4) is 0 Å². The molecule has 1 atom stereocenters. The summed E-state index contributed by atoms with van der Waals surface area (Å²) in [5.41, 5.74) is 6.21. The quantitative estimate of drug-likeness (QED) is 0.504. The van der Waals surface area contributed by atoms with Gasteiger partial charge in [0, 0.05) is 18.2 Å². The molecule has 0 unspecified atom stereocenters. The van der Waals surface area contributed by atoms with Crippen LogP contribution in [0.15, 0.2) is 24.3 Å². The molecule has 6 nitrogen and oxygen atoms in total. The van der Waals surface area contributed by atoms with E-state index < -0.39 is 16.9 Å². The third-order valence-electron chi connectivity index (χ3n) is 2.12. The Kier molecular flexibility index (Phi) is 6.16. The highest BCUT2D eigenvalue weighted by Gasteiger charge is 2.14. The zero-order valence-corrected chi connectivity index (χ0v) is 9.98. The number of nitrogens with two attached hydrogens (primary N) is 1. The number of carbonyl (C=O) groups is 1. The third kappa shape index (κ3) is 4.38. The fourth-order valence-corrected chi connectivity index (χ4v) is 1.25. The van der Waals surface area contributed by atoms with E-state index in [0.717, 1.165) is 0 Å². The predicted octanol–water partition coefficient (Wildman–Crippen LogP) is 1.58. The minimum atomic E-state index is -0.590. The Morgan fingerprint density at radius 2 is 2.24 bits per heavy atom. The number of esters is 1. The number of non-ortho nitro benzene ring substituents is 1. The lowest BCUT2D eigenvalue weighted by molar-refractivity contribution is -0.384. The molecule has 0 fully saturated rings. The van der Waals surface area contributed by atoms with E-state index in [1.54, 1.807) is 6.07 Å². The maximum Gasteiger partial charge on any atom is 0.307 e. The number of carbonyl (C=O) groups excluding carboxylic acids is 1. The number of hydrogen-bond acceptors (Lipinski definition) is 5. The first-order valence-corrected chi connectivity index (χ1v) is 4.61. The average Bonchev–Trinajstić information content (AvgIpc) is 2.28. The maximum atomic E-state index is 11.0. The van der Waals surface area contributed by atoms with E-state index in [4.69, 9.17) is 5.73 Å². The highest BCUT2D eigenvalue weighted by molar-refractivity contribution is 5.85. The van der Waals surface area contributed by atoms with Crippen LogP contribution >= 0.6 is 12.4 Å². The first-order chi connectivity index (χ1) is 7.54. The van der Waals surface area contributed by atoms with Crippen LogP contribution in [0.1, 0.15) is 18.0 Å². The Balaban J connectivity index is 0.00000256. The summed E-state index contributed by atoms with van der Waals surface area (Å²) in [5, 5.41) is 10.5. The lowest BCUT2D eigenvalue weighted by atomic mass is 10.0. The van der Waals surface area contributed by atoms with Crippen LogP contribution in [-0.4, -0.2) is 18.0 Å². The summed E-state index contributed by atoms with van der Waals surface area (Å²) < 4.78 is 4.47. The van der Waals surface area contributed by atoms with Crippen molar-refractivity contribution >= 4 is 24.1 Å². The van der Waals surface area contributed by atoms with Crippen LogP contribution in [0.3, 0.4) is 0 Å². The van der Waals surface area contributed by atoms with Gasteiger partial charge in [0.05, 0.1) is 18.5 Å². The molecule has 94 valence electrons. The zero-order chi connectivity index (χ0) is 12.1. The van der Waals surface area contributed by atoms with Crippen LogP contribution in [0, 0.1) is 10.1 Å². The van der Waals surface area contributed by atoms with Gasteiger partial charge in [0.1, 0.15) is 0 Å². The average molecular weight is 261 g/mol. The lowest BCUT2D eigenvalue weighted by Gasteiger charge is -2.09. The van der Waals surface area contributed by atoms with E-state index in [9.17, 15) is 14.9 Å². The molecule has 0 aliphatic rings. The number of hydrogen-bond donors (Lipinski definition) is 1. The van der Waals surface area contributed by atoms with Crippen LogP contribution < -0.4 is 5.73 Å². The van der Waals surface area contributed by atoms with E-state index >= 15 is 0 Å². The number of rotatable bonds is 4. The second kappa shape index (κ2) is 6.82. The van der Waals surface area contributed by atoms with Crippen LogP contribution in [0.4, 0.5) is 5.69 Å². The van der Waals surface area contributed by atoms with E-state index in [1.807, 2.05) is 0 Å². The molecule has 0 spiro atoms. The largest absolute Gasteiger partial charge is 0.469 e. The van der Waals surface area contributed by atoms with E-state index in [2.05, 4.69) is 4.74 Å². The van der Waals surface area contributed by atoms with Crippen LogP contribution in [0.5, 0.6) is 0 Å². The Morgan fingerprint density at radius 3 is 2.76 bits per heavy atom. The molecule has 17 heavy (non-hydrogen) atoms. The van der Waals surface area contributed by atoms with Crippen LogP contribution in [0.2, 0.25) is 0 Å². The molecule has 0 aliphatic carbocycles. The monoisotopic (exact) mass is 260 g/mol. The van der Waals surface area contributed by atoms with Crippen molar-refractivity contribution in [2.75, 3.05) is 7.11 Å². The fourth-order valence-electron chi connectivity index (χ4n) is 1.25. The second-order valence-corrected chi connectivity index (χ2v) is 3.24. The van der Waals surface area contributed by atoms with Gasteiger partial charge in [0.25, 0.3) is 5.69 Å². The fraction of sp³-hybridized carbons (Fsp3) is 0.300. The summed E-state index contributed by atoms with van der Waals surface area (Å²) in [7, 11) is 1.27. The minimum Gasteiger partial charge on any atom is -0.469 e. The van der Waals surface area contributed by atoms with Gasteiger partial charge in [-0.2, -0.15) is 0 Å². The second-order valence-electron chi connectivity index (χ2n) is 3.24. The summed E-state index contributed by atoms with van der Waals surface area (Å²) in [6.45, 7) is 0. The minimum absolute atomic E-state index is 0. The number of nitrogens with zero attached hydrogens (tertiary/aromatic N) is 1. The summed E-state index contributed by atoms with van der Waals surface area (Å²) in [5.74, 6) is -0.445. The normalized spacial score (nSPS) is 11.2. The predicted molar refractivity (Wildman–Crippen MR) is 63.9 cm³/mol. The van der Waals surface area contributed by atoms with Crippen molar-refractivity contribution in [1.82, 2.24) is 0 Å². The van der Waals surface area contributed by atoms with Gasteiger partial charge in [0.2, 0.25) is 0 Å². The first kappa shape index (κ1) is 15.3. The topological polar surface area (TPSA) is 95.5 Å². The molecule has 2 N–H and O–H groups in total. The number of methoxy groups -OCH3 is 1. The van der Waals surface area contributed by atoms with E-state index in [-0.39, 0.29) is 24.5 Å². The molecule has 0 saturated carbocycles. The molecule has 7 heteroatoms. The molecule has 0 bridgehead atoms. The maximum absolute atomic E-state index is 11.0. The molecule has 0 aliphatic heterocycles. The Bertz CT molecular complexity index is 411. The summed E-state index contributed by atoms with van der Waals surface area (Å²) in [6.07, 6.45) is -0.00231. The van der Waals surface area contributed by atoms with Crippen LogP contribution in [-0.2, 0) is 9.53 Å². The molecular formula is C10H13ClN2O4. The molecule has 0 heterocycles. The van der Waals surface area contributed by atoms with Crippen molar-refractivity contribution in [3.05, 3.63) is 39.9 Å². The van der Waals surface area contributed by atoms with Crippen molar-refractivity contribution in [1.29, 1.82) is 0 Å². The number of benzene rings is 1. The number of nitro benzene ring substituents is 1. The summed E-state index contributed by atoms with van der Waals surface area (Å²) in [6, 6.07) is 5.31. The number of halogens is 1. The molecule has 1 aromatic rings. The third-order valence-corrected chi connectivity index (χ3v) is 2.12. The van der Waals surface area contributed by atoms with Gasteiger partial charge in [0.15, 0.2) is 0 Å². The molecule has 0 aromatic heterocycles. The first-order valence-electron chi connectivity index (χ1n) is 4.61. The summed E-state index contributed by atoms with van der Waals surface area (Å²) >= 11 is 0. The molecule has 0 amide bonds. The van der Waals surface area contributed by atoms with Crippen LogP contribution in [0.25, 0.3) is 0 Å². The van der Waals surface area contributed by atoms with Gasteiger partial charge in [-0.3, -0.25) is 14.9 Å². The zero-order valence-electron chi connectivity index (χ0n) is 9.16. The summed E-state index contributed by atoms with van der Waals surface area (Å²) in [4.78, 5) is 21.0. The molecule has 0 saturated heterocycles. The van der Waals surface area contributed by atoms with E-state index in [0.29, 0.717) is 5.56 Å². The van der Waals surface area contributed by atoms with Gasteiger partial charge < -0.3 is 10.5 Å². The van der Waals surface area contributed by atoms with Gasteiger partial charge >= 0.3 is 5.97 Å². The van der Waals surface area contributed by atoms with Crippen molar-refractivity contribution in [2.45, 2.75) is 12.5 Å². The van der Waals surface area contributed by atoms with Gasteiger partial charge in [-0.25, -0.2) is 0 Å². The van der Waals surface area contributed by atoms with Crippen molar-refractivity contribution in [3.63, 3.8) is 0 Å². The highest BCUT2D eigenvalue weighted by atomic mass is 35.5. The van der Waals surface area contributed by atoms with Gasteiger partial charge in [-0.1, -0.05) is 12.1 Å². The van der Waals surface area contributed by atoms with Crippen molar-refractivity contribution in [2.24, 2.45) is 5.73 Å². The Hall–Kier alpha value is -1.66. The van der Waals surface area contributed by atoms with Gasteiger partial charge in [-0.05, 0) is 5.56 Å².